The second-order valence-electron chi connectivity index (χ2n) is 8.27. The minimum Gasteiger partial charge on any atom is -0.484 e. The van der Waals surface area contributed by atoms with Crippen LogP contribution < -0.4 is 15.4 Å². The van der Waals surface area contributed by atoms with Crippen LogP contribution in [0.1, 0.15) is 19.4 Å². The molecule has 1 unspecified atom stereocenters. The first kappa shape index (κ1) is 25.7. The summed E-state index contributed by atoms with van der Waals surface area (Å²) in [6.45, 7) is 5.12. The monoisotopic (exact) mass is 489 g/mol. The molecule has 1 fully saturated rings. The maximum absolute atomic E-state index is 12.7. The number of nitrogens with one attached hydrogen (secondary N) is 2. The molecule has 0 saturated carbocycles. The summed E-state index contributed by atoms with van der Waals surface area (Å²) in [5.41, 5.74) is 0.746. The first-order chi connectivity index (χ1) is 16.3. The third-order valence-corrected chi connectivity index (χ3v) is 7.29. The van der Waals surface area contributed by atoms with Crippen molar-refractivity contribution in [3.63, 3.8) is 0 Å². The van der Waals surface area contributed by atoms with E-state index in [0.29, 0.717) is 32.1 Å². The highest BCUT2D eigenvalue weighted by Crippen LogP contribution is 2.18. The molecule has 0 aromatic heterocycles. The number of benzene rings is 2. The normalized spacial score (nSPS) is 15.5. The molecule has 1 heterocycles. The lowest BCUT2D eigenvalue weighted by Crippen LogP contribution is -2.50. The summed E-state index contributed by atoms with van der Waals surface area (Å²) >= 11 is 0. The Bertz CT molecular complexity index is 1050. The number of carbonyl (C=O) groups excluding carboxylic acids is 2. The van der Waals surface area contributed by atoms with Crippen LogP contribution in [-0.4, -0.2) is 63.5 Å². The highest BCUT2D eigenvalue weighted by atomic mass is 32.2. The summed E-state index contributed by atoms with van der Waals surface area (Å²) in [6, 6.07) is 14.6. The van der Waals surface area contributed by atoms with E-state index in [2.05, 4.69) is 10.6 Å². The standard InChI is InChI=1S/C24H31N3O6S/c1-18(2)23(26-22(28)17-33-20-6-4-3-5-7-20)24(29)25-16-19-8-10-21(11-9-19)34(30,31)27-12-14-32-15-13-27/h3-11,18,23H,12-17H2,1-2H3,(H,25,29)(H,26,28). The number of nitrogens with zero attached hydrogens (tertiary/aromatic N) is 1. The Labute approximate surface area is 200 Å². The molecule has 0 spiro atoms. The first-order valence-electron chi connectivity index (χ1n) is 11.2. The zero-order valence-electron chi connectivity index (χ0n) is 19.4. The van der Waals surface area contributed by atoms with Gasteiger partial charge in [0.05, 0.1) is 18.1 Å². The zero-order chi connectivity index (χ0) is 24.6. The van der Waals surface area contributed by atoms with Crippen molar-refractivity contribution < 1.29 is 27.5 Å². The molecule has 1 aliphatic heterocycles. The van der Waals surface area contributed by atoms with Crippen LogP contribution in [0.4, 0.5) is 0 Å². The van der Waals surface area contributed by atoms with Crippen molar-refractivity contribution in [2.45, 2.75) is 31.3 Å². The van der Waals surface area contributed by atoms with Crippen LogP contribution in [0.2, 0.25) is 0 Å². The highest BCUT2D eigenvalue weighted by Gasteiger charge is 2.27. The van der Waals surface area contributed by atoms with Gasteiger partial charge >= 0.3 is 0 Å². The van der Waals surface area contributed by atoms with E-state index in [9.17, 15) is 18.0 Å². The molecule has 10 heteroatoms. The Morgan fingerprint density at radius 1 is 1.03 bits per heavy atom. The van der Waals surface area contributed by atoms with Crippen LogP contribution in [0.15, 0.2) is 59.5 Å². The number of carbonyl (C=O) groups is 2. The van der Waals surface area contributed by atoms with Gasteiger partial charge in [-0.3, -0.25) is 9.59 Å². The van der Waals surface area contributed by atoms with Crippen LogP contribution >= 0.6 is 0 Å². The Hall–Kier alpha value is -2.95. The molecule has 3 rings (SSSR count). The number of para-hydroxylation sites is 1. The third-order valence-electron chi connectivity index (χ3n) is 5.38. The molecule has 1 aliphatic rings. The van der Waals surface area contributed by atoms with Crippen LogP contribution in [0.25, 0.3) is 0 Å². The summed E-state index contributed by atoms with van der Waals surface area (Å²) in [4.78, 5) is 25.2. The molecule has 2 N–H and O–H groups in total. The van der Waals surface area contributed by atoms with Gasteiger partial charge < -0.3 is 20.1 Å². The molecular weight excluding hydrogens is 458 g/mol. The van der Waals surface area contributed by atoms with Gasteiger partial charge in [-0.1, -0.05) is 44.2 Å². The first-order valence-corrected chi connectivity index (χ1v) is 12.6. The van der Waals surface area contributed by atoms with Crippen molar-refractivity contribution in [3.8, 4) is 5.75 Å². The summed E-state index contributed by atoms with van der Waals surface area (Å²) < 4.78 is 37.5. The minimum atomic E-state index is -3.57. The smallest absolute Gasteiger partial charge is 0.258 e. The van der Waals surface area contributed by atoms with E-state index in [0.717, 1.165) is 5.56 Å². The highest BCUT2D eigenvalue weighted by molar-refractivity contribution is 7.89. The summed E-state index contributed by atoms with van der Waals surface area (Å²) in [6.07, 6.45) is 0. The number of rotatable bonds is 10. The maximum Gasteiger partial charge on any atom is 0.258 e. The van der Waals surface area contributed by atoms with E-state index in [1.807, 2.05) is 32.0 Å². The number of hydrogen-bond acceptors (Lipinski definition) is 6. The predicted octanol–water partition coefficient (Wildman–Crippen LogP) is 1.54. The van der Waals surface area contributed by atoms with Gasteiger partial charge in [0.15, 0.2) is 6.61 Å². The number of morpholine rings is 1. The van der Waals surface area contributed by atoms with Crippen molar-refractivity contribution >= 4 is 21.8 Å². The molecule has 0 aliphatic carbocycles. The number of hydrogen-bond donors (Lipinski definition) is 2. The van der Waals surface area contributed by atoms with Gasteiger partial charge in [0.2, 0.25) is 15.9 Å². The van der Waals surface area contributed by atoms with Crippen molar-refractivity contribution in [3.05, 3.63) is 60.2 Å². The van der Waals surface area contributed by atoms with Gasteiger partial charge in [0, 0.05) is 19.6 Å². The largest absolute Gasteiger partial charge is 0.484 e. The Balaban J connectivity index is 1.52. The van der Waals surface area contributed by atoms with E-state index in [1.54, 1.807) is 24.3 Å². The van der Waals surface area contributed by atoms with E-state index < -0.39 is 22.0 Å². The fourth-order valence-corrected chi connectivity index (χ4v) is 4.84. The molecule has 2 aromatic rings. The number of ether oxygens (including phenoxy) is 2. The Morgan fingerprint density at radius 3 is 2.29 bits per heavy atom. The fraction of sp³-hybridized carbons (Fsp3) is 0.417. The lowest BCUT2D eigenvalue weighted by Gasteiger charge is -2.26. The van der Waals surface area contributed by atoms with Crippen LogP contribution in [0.5, 0.6) is 5.75 Å². The second-order valence-corrected chi connectivity index (χ2v) is 10.2. The molecule has 2 amide bonds. The van der Waals surface area contributed by atoms with Crippen molar-refractivity contribution in [2.75, 3.05) is 32.9 Å². The Morgan fingerprint density at radius 2 is 1.68 bits per heavy atom. The van der Waals surface area contributed by atoms with Crippen molar-refractivity contribution in [2.24, 2.45) is 5.92 Å². The van der Waals surface area contributed by atoms with Gasteiger partial charge in [0.25, 0.3) is 5.91 Å². The Kier molecular flexibility index (Phi) is 9.03. The van der Waals surface area contributed by atoms with Crippen molar-refractivity contribution in [1.29, 1.82) is 0 Å². The van der Waals surface area contributed by atoms with Gasteiger partial charge in [-0.15, -0.1) is 0 Å². The SMILES string of the molecule is CC(C)C(NC(=O)COc1ccccc1)C(=O)NCc1ccc(S(=O)(=O)N2CCOCC2)cc1. The fourth-order valence-electron chi connectivity index (χ4n) is 3.43. The average Bonchev–Trinajstić information content (AvgIpc) is 2.86. The van der Waals surface area contributed by atoms with Gasteiger partial charge in [0.1, 0.15) is 11.8 Å². The third kappa shape index (κ3) is 7.02. The molecule has 9 nitrogen and oxygen atoms in total. The number of sulfonamides is 1. The van der Waals surface area contributed by atoms with E-state index in [-0.39, 0.29) is 29.9 Å². The molecule has 1 atom stereocenters. The van der Waals surface area contributed by atoms with Crippen LogP contribution in [0, 0.1) is 5.92 Å². The van der Waals surface area contributed by atoms with E-state index in [4.69, 9.17) is 9.47 Å². The summed E-state index contributed by atoms with van der Waals surface area (Å²) in [5, 5.41) is 5.53. The van der Waals surface area contributed by atoms with Crippen LogP contribution in [0.3, 0.4) is 0 Å². The molecule has 2 aromatic carbocycles. The second kappa shape index (κ2) is 12.0. The molecule has 0 bridgehead atoms. The molecule has 184 valence electrons. The van der Waals surface area contributed by atoms with Gasteiger partial charge in [-0.05, 0) is 35.7 Å². The quantitative estimate of drug-likeness (QED) is 0.523. The molecular formula is C24H31N3O6S. The van der Waals surface area contributed by atoms with Crippen LogP contribution in [-0.2, 0) is 30.9 Å². The lowest BCUT2D eigenvalue weighted by molar-refractivity contribution is -0.131. The number of amides is 2. The topological polar surface area (TPSA) is 114 Å². The summed E-state index contributed by atoms with van der Waals surface area (Å²) in [7, 11) is -3.57. The molecule has 34 heavy (non-hydrogen) atoms. The van der Waals surface area contributed by atoms with Gasteiger partial charge in [-0.2, -0.15) is 4.31 Å². The lowest BCUT2D eigenvalue weighted by atomic mass is 10.0. The summed E-state index contributed by atoms with van der Waals surface area (Å²) in [5.74, 6) is -0.285. The zero-order valence-corrected chi connectivity index (χ0v) is 20.2. The minimum absolute atomic E-state index is 0.137. The van der Waals surface area contributed by atoms with Gasteiger partial charge in [-0.25, -0.2) is 8.42 Å². The predicted molar refractivity (Wildman–Crippen MR) is 127 cm³/mol. The molecule has 1 saturated heterocycles. The molecule has 0 radical (unpaired) electrons. The van der Waals surface area contributed by atoms with Crippen molar-refractivity contribution in [1.82, 2.24) is 14.9 Å². The average molecular weight is 490 g/mol. The van der Waals surface area contributed by atoms with E-state index in [1.165, 1.54) is 16.4 Å². The maximum atomic E-state index is 12.7. The van der Waals surface area contributed by atoms with E-state index >= 15 is 0 Å².